The molecule has 0 radical (unpaired) electrons. The first-order valence-corrected chi connectivity index (χ1v) is 9.25. The summed E-state index contributed by atoms with van der Waals surface area (Å²) in [4.78, 5) is 15.0. The van der Waals surface area contributed by atoms with Gasteiger partial charge in [-0.05, 0) is 54.2 Å². The first-order valence-electron chi connectivity index (χ1n) is 8.01. The molecule has 23 heavy (non-hydrogen) atoms. The maximum absolute atomic E-state index is 13.2. The Morgan fingerprint density at radius 1 is 1.39 bits per heavy atom. The quantitative estimate of drug-likeness (QED) is 0.538. The van der Waals surface area contributed by atoms with Crippen molar-refractivity contribution >= 4 is 28.6 Å². The van der Waals surface area contributed by atoms with Crippen LogP contribution in [-0.4, -0.2) is 36.6 Å². The molecule has 0 unspecified atom stereocenters. The summed E-state index contributed by atoms with van der Waals surface area (Å²) < 4.78 is 20.5. The van der Waals surface area contributed by atoms with Gasteiger partial charge in [0.15, 0.2) is 0 Å². The number of fused-ring (bicyclic) bond motifs is 2. The van der Waals surface area contributed by atoms with Crippen molar-refractivity contribution < 1.29 is 13.9 Å². The van der Waals surface area contributed by atoms with Crippen molar-refractivity contribution in [2.45, 2.75) is 37.3 Å². The first kappa shape index (κ1) is 16.9. The van der Waals surface area contributed by atoms with E-state index in [0.29, 0.717) is 12.6 Å². The maximum Gasteiger partial charge on any atom is 0.311 e. The highest BCUT2D eigenvalue weighted by atomic mass is 127. The van der Waals surface area contributed by atoms with Crippen molar-refractivity contribution in [1.29, 1.82) is 0 Å². The number of esters is 1. The number of nitrogens with zero attached hydrogens (tertiary/aromatic N) is 1. The molecule has 2 aliphatic heterocycles. The van der Waals surface area contributed by atoms with E-state index in [9.17, 15) is 9.18 Å². The van der Waals surface area contributed by atoms with Gasteiger partial charge in [-0.3, -0.25) is 9.69 Å². The third kappa shape index (κ3) is 3.45. The normalized spacial score (nSPS) is 30.7. The summed E-state index contributed by atoms with van der Waals surface area (Å²) in [7, 11) is 2.11. The van der Waals surface area contributed by atoms with Crippen LogP contribution in [0.3, 0.4) is 0 Å². The van der Waals surface area contributed by atoms with Gasteiger partial charge in [0.1, 0.15) is 12.4 Å². The highest BCUT2D eigenvalue weighted by Gasteiger charge is 2.49. The molecule has 3 nitrogen and oxygen atoms in total. The van der Waals surface area contributed by atoms with Gasteiger partial charge in [0.2, 0.25) is 0 Å². The van der Waals surface area contributed by atoms with E-state index in [0.717, 1.165) is 24.8 Å². The minimum atomic E-state index is -0.240. The van der Waals surface area contributed by atoms with E-state index in [2.05, 4.69) is 34.5 Å². The average molecular weight is 429 g/mol. The molecule has 5 heteroatoms. The van der Waals surface area contributed by atoms with Crippen molar-refractivity contribution in [2.75, 3.05) is 13.7 Å². The summed E-state index contributed by atoms with van der Waals surface area (Å²) in [6.07, 6.45) is 4.91. The zero-order valence-electron chi connectivity index (χ0n) is 13.1. The molecule has 2 fully saturated rings. The minimum absolute atomic E-state index is 0.111. The van der Waals surface area contributed by atoms with E-state index in [4.69, 9.17) is 4.74 Å². The minimum Gasteiger partial charge on any atom is -0.461 e. The summed E-state index contributed by atoms with van der Waals surface area (Å²) in [5.41, 5.74) is 1.04. The number of benzene rings is 1. The Kier molecular flexibility index (Phi) is 5.36. The van der Waals surface area contributed by atoms with E-state index >= 15 is 0 Å². The van der Waals surface area contributed by atoms with Crippen LogP contribution in [0.2, 0.25) is 0 Å². The largest absolute Gasteiger partial charge is 0.461 e. The second-order valence-corrected chi connectivity index (χ2v) is 7.09. The van der Waals surface area contributed by atoms with Gasteiger partial charge in [0.05, 0.1) is 5.92 Å². The van der Waals surface area contributed by atoms with Gasteiger partial charge in [-0.25, -0.2) is 4.39 Å². The van der Waals surface area contributed by atoms with Crippen LogP contribution in [0.5, 0.6) is 0 Å². The van der Waals surface area contributed by atoms with Gasteiger partial charge in [-0.1, -0.05) is 34.7 Å². The van der Waals surface area contributed by atoms with Crippen molar-refractivity contribution in [3.8, 4) is 0 Å². The van der Waals surface area contributed by atoms with Crippen LogP contribution in [0.25, 0.3) is 0 Å². The van der Waals surface area contributed by atoms with Crippen molar-refractivity contribution in [3.05, 3.63) is 45.8 Å². The third-order valence-electron chi connectivity index (χ3n) is 5.25. The van der Waals surface area contributed by atoms with Crippen molar-refractivity contribution in [3.63, 3.8) is 0 Å². The Bertz CT molecular complexity index is 589. The molecule has 2 heterocycles. The molecule has 0 spiro atoms. The van der Waals surface area contributed by atoms with Gasteiger partial charge in [0.25, 0.3) is 0 Å². The monoisotopic (exact) mass is 429 g/mol. The smallest absolute Gasteiger partial charge is 0.311 e. The van der Waals surface area contributed by atoms with Gasteiger partial charge in [-0.2, -0.15) is 0 Å². The highest BCUT2D eigenvalue weighted by Crippen LogP contribution is 2.46. The molecule has 4 atom stereocenters. The van der Waals surface area contributed by atoms with Gasteiger partial charge < -0.3 is 4.74 Å². The van der Waals surface area contributed by atoms with Crippen LogP contribution in [0.4, 0.5) is 4.39 Å². The van der Waals surface area contributed by atoms with Crippen LogP contribution >= 0.6 is 22.6 Å². The van der Waals surface area contributed by atoms with E-state index in [-0.39, 0.29) is 29.7 Å². The summed E-state index contributed by atoms with van der Waals surface area (Å²) in [6.45, 7) is 0.314. The molecule has 124 valence electrons. The molecule has 0 aliphatic carbocycles. The molecule has 0 N–H and O–H groups in total. The standard InChI is InChI=1S/C18H21FINO2/c1-21-14-7-8-16(21)17(18(22)23-10-2-9-20)15(11-14)12-3-5-13(19)6-4-12/h2-6,9,14-17H,7-8,10-11H2,1H3/b9-2+/t14-,15+,16+,17-/m0/s1. The van der Waals surface area contributed by atoms with Crippen LogP contribution in [0.15, 0.2) is 34.4 Å². The second kappa shape index (κ2) is 7.30. The number of ether oxygens (including phenoxy) is 1. The fourth-order valence-electron chi connectivity index (χ4n) is 4.10. The third-order valence-corrected chi connectivity index (χ3v) is 5.76. The zero-order chi connectivity index (χ0) is 16.4. The zero-order valence-corrected chi connectivity index (χ0v) is 15.3. The molecule has 2 saturated heterocycles. The lowest BCUT2D eigenvalue weighted by Crippen LogP contribution is -2.49. The van der Waals surface area contributed by atoms with E-state index < -0.39 is 0 Å². The van der Waals surface area contributed by atoms with Crippen LogP contribution < -0.4 is 0 Å². The highest BCUT2D eigenvalue weighted by molar-refractivity contribution is 14.1. The fraction of sp³-hybridized carbons (Fsp3) is 0.500. The molecule has 2 aliphatic rings. The second-order valence-electron chi connectivity index (χ2n) is 6.38. The molecule has 0 saturated carbocycles. The Labute approximate surface area is 150 Å². The Morgan fingerprint density at radius 3 is 2.83 bits per heavy atom. The lowest BCUT2D eigenvalue weighted by atomic mass is 9.76. The summed E-state index contributed by atoms with van der Waals surface area (Å²) >= 11 is 2.11. The molecule has 0 aromatic heterocycles. The van der Waals surface area contributed by atoms with E-state index in [1.165, 1.54) is 12.1 Å². The van der Waals surface area contributed by atoms with E-state index in [1.54, 1.807) is 0 Å². The Balaban J connectivity index is 1.86. The predicted octanol–water partition coefficient (Wildman–Crippen LogP) is 3.88. The maximum atomic E-state index is 13.2. The van der Waals surface area contributed by atoms with Gasteiger partial charge >= 0.3 is 5.97 Å². The first-order chi connectivity index (χ1) is 11.1. The van der Waals surface area contributed by atoms with Gasteiger partial charge in [-0.15, -0.1) is 0 Å². The van der Waals surface area contributed by atoms with Crippen molar-refractivity contribution in [2.24, 2.45) is 5.92 Å². The number of rotatable bonds is 4. The summed E-state index contributed by atoms with van der Waals surface area (Å²) in [6, 6.07) is 7.33. The summed E-state index contributed by atoms with van der Waals surface area (Å²) in [5.74, 6) is -0.436. The predicted molar refractivity (Wildman–Crippen MR) is 95.9 cm³/mol. The number of halogens is 2. The topological polar surface area (TPSA) is 29.5 Å². The number of carbonyl (C=O) groups is 1. The van der Waals surface area contributed by atoms with Crippen LogP contribution in [0, 0.1) is 11.7 Å². The molecular weight excluding hydrogens is 408 g/mol. The number of carbonyl (C=O) groups excluding carboxylic acids is 1. The summed E-state index contributed by atoms with van der Waals surface area (Å²) in [5, 5.41) is 0. The molecule has 1 aromatic carbocycles. The fourth-order valence-corrected chi connectivity index (χ4v) is 4.31. The number of hydrogen-bond donors (Lipinski definition) is 0. The van der Waals surface area contributed by atoms with E-state index in [1.807, 2.05) is 22.3 Å². The number of hydrogen-bond acceptors (Lipinski definition) is 3. The van der Waals surface area contributed by atoms with Gasteiger partial charge in [0, 0.05) is 18.0 Å². The average Bonchev–Trinajstić information content (AvgIpc) is 2.78. The van der Waals surface area contributed by atoms with Crippen molar-refractivity contribution in [1.82, 2.24) is 4.90 Å². The lowest BCUT2D eigenvalue weighted by Gasteiger charge is -2.41. The lowest BCUT2D eigenvalue weighted by molar-refractivity contribution is -0.152. The molecular formula is C18H21FINO2. The van der Waals surface area contributed by atoms with Crippen LogP contribution in [-0.2, 0) is 9.53 Å². The number of piperidine rings is 1. The molecule has 3 rings (SSSR count). The molecule has 1 aromatic rings. The van der Waals surface area contributed by atoms with Crippen LogP contribution in [0.1, 0.15) is 30.7 Å². The Morgan fingerprint density at radius 2 is 2.13 bits per heavy atom. The Hall–Kier alpha value is -0.950. The SMILES string of the molecule is CN1[C@H]2CC[C@@H]1[C@@H](C(=O)OC/C=C/I)[C@@H](c1ccc(F)cc1)C2. The molecule has 2 bridgehead atoms. The molecule has 0 amide bonds.